The molecule has 1 amide bonds. The molecule has 0 spiro atoms. The Labute approximate surface area is 181 Å². The molecule has 6 nitrogen and oxygen atoms in total. The van der Waals surface area contributed by atoms with Crippen molar-refractivity contribution < 1.29 is 9.32 Å². The number of hydrogen-bond acceptors (Lipinski definition) is 6. The number of piperazine rings is 1. The molecule has 3 aromatic rings. The molecule has 1 unspecified atom stereocenters. The van der Waals surface area contributed by atoms with Gasteiger partial charge in [0.25, 0.3) is 0 Å². The standard InChI is InChI=1S/C23H28N4O2S/c1-17-8-10-19(11-9-17)22-24-23(29-25-22)18(2)26-12-14-27(15-13-26)21(28)7-3-5-20-6-4-16-30-20/h4,6,8-11,16,18H,3,5,7,12-15H2,1-2H3. The Morgan fingerprint density at radius 3 is 2.63 bits per heavy atom. The predicted molar refractivity (Wildman–Crippen MR) is 118 cm³/mol. The molecule has 2 aromatic heterocycles. The number of rotatable bonds is 7. The summed E-state index contributed by atoms with van der Waals surface area (Å²) in [5.41, 5.74) is 2.16. The van der Waals surface area contributed by atoms with Crippen molar-refractivity contribution in [1.29, 1.82) is 0 Å². The fourth-order valence-electron chi connectivity index (χ4n) is 3.77. The van der Waals surface area contributed by atoms with Crippen LogP contribution >= 0.6 is 11.3 Å². The lowest BCUT2D eigenvalue weighted by molar-refractivity contribution is -0.133. The Morgan fingerprint density at radius 2 is 1.93 bits per heavy atom. The first-order valence-corrected chi connectivity index (χ1v) is 11.4. The lowest BCUT2D eigenvalue weighted by atomic mass is 10.1. The second-order valence-electron chi connectivity index (χ2n) is 7.85. The second-order valence-corrected chi connectivity index (χ2v) is 8.88. The molecule has 0 N–H and O–H groups in total. The van der Waals surface area contributed by atoms with Gasteiger partial charge in [0.1, 0.15) is 0 Å². The third-order valence-corrected chi connectivity index (χ3v) is 6.65. The van der Waals surface area contributed by atoms with Gasteiger partial charge >= 0.3 is 0 Å². The van der Waals surface area contributed by atoms with Crippen molar-refractivity contribution in [2.24, 2.45) is 0 Å². The zero-order valence-corrected chi connectivity index (χ0v) is 18.4. The maximum Gasteiger partial charge on any atom is 0.244 e. The highest BCUT2D eigenvalue weighted by Crippen LogP contribution is 2.24. The van der Waals surface area contributed by atoms with Crippen LogP contribution in [0.15, 0.2) is 46.3 Å². The third kappa shape index (κ3) is 4.96. The van der Waals surface area contributed by atoms with Gasteiger partial charge in [-0.1, -0.05) is 41.1 Å². The van der Waals surface area contributed by atoms with Crippen LogP contribution in [0.25, 0.3) is 11.4 Å². The number of benzene rings is 1. The molecular weight excluding hydrogens is 396 g/mol. The lowest BCUT2D eigenvalue weighted by Gasteiger charge is -2.36. The molecular formula is C23H28N4O2S. The van der Waals surface area contributed by atoms with E-state index in [1.165, 1.54) is 10.4 Å². The van der Waals surface area contributed by atoms with E-state index >= 15 is 0 Å². The number of thiophene rings is 1. The highest BCUT2D eigenvalue weighted by atomic mass is 32.1. The molecule has 158 valence electrons. The number of nitrogens with zero attached hydrogens (tertiary/aromatic N) is 4. The predicted octanol–water partition coefficient (Wildman–Crippen LogP) is 4.33. The van der Waals surface area contributed by atoms with Crippen molar-refractivity contribution in [2.75, 3.05) is 26.2 Å². The van der Waals surface area contributed by atoms with E-state index in [9.17, 15) is 4.79 Å². The third-order valence-electron chi connectivity index (χ3n) is 5.72. The van der Waals surface area contributed by atoms with Gasteiger partial charge in [-0.25, -0.2) is 0 Å². The number of aryl methyl sites for hydroxylation is 2. The molecule has 0 bridgehead atoms. The number of amides is 1. The van der Waals surface area contributed by atoms with Gasteiger partial charge in [0, 0.05) is 43.0 Å². The fourth-order valence-corrected chi connectivity index (χ4v) is 4.52. The molecule has 1 fully saturated rings. The van der Waals surface area contributed by atoms with Crippen LogP contribution < -0.4 is 0 Å². The largest absolute Gasteiger partial charge is 0.340 e. The molecule has 1 aromatic carbocycles. The van der Waals surface area contributed by atoms with Gasteiger partial charge in [0.05, 0.1) is 6.04 Å². The highest BCUT2D eigenvalue weighted by Gasteiger charge is 2.27. The van der Waals surface area contributed by atoms with E-state index in [1.807, 2.05) is 29.2 Å². The van der Waals surface area contributed by atoms with E-state index in [2.05, 4.69) is 46.4 Å². The van der Waals surface area contributed by atoms with Crippen LogP contribution in [0, 0.1) is 6.92 Å². The monoisotopic (exact) mass is 424 g/mol. The number of carbonyl (C=O) groups excluding carboxylic acids is 1. The summed E-state index contributed by atoms with van der Waals surface area (Å²) in [4.78, 5) is 22.8. The van der Waals surface area contributed by atoms with Crippen LogP contribution in [0.4, 0.5) is 0 Å². The second kappa shape index (κ2) is 9.53. The molecule has 30 heavy (non-hydrogen) atoms. The van der Waals surface area contributed by atoms with Crippen LogP contribution in [-0.2, 0) is 11.2 Å². The Kier molecular flexibility index (Phi) is 6.59. The quantitative estimate of drug-likeness (QED) is 0.565. The highest BCUT2D eigenvalue weighted by molar-refractivity contribution is 7.09. The first-order valence-electron chi connectivity index (χ1n) is 10.5. The molecule has 1 atom stereocenters. The molecule has 7 heteroatoms. The van der Waals surface area contributed by atoms with E-state index in [0.717, 1.165) is 44.6 Å². The van der Waals surface area contributed by atoms with Crippen molar-refractivity contribution in [3.63, 3.8) is 0 Å². The zero-order valence-electron chi connectivity index (χ0n) is 17.6. The first kappa shape index (κ1) is 20.8. The van der Waals surface area contributed by atoms with Gasteiger partial charge in [-0.15, -0.1) is 11.3 Å². The molecule has 3 heterocycles. The van der Waals surface area contributed by atoms with Crippen LogP contribution in [0.2, 0.25) is 0 Å². The summed E-state index contributed by atoms with van der Waals surface area (Å²) in [6.45, 7) is 7.29. The summed E-state index contributed by atoms with van der Waals surface area (Å²) in [5.74, 6) is 1.51. The summed E-state index contributed by atoms with van der Waals surface area (Å²) < 4.78 is 5.54. The van der Waals surface area contributed by atoms with Gasteiger partial charge in [-0.3, -0.25) is 9.69 Å². The zero-order chi connectivity index (χ0) is 20.9. The number of aromatic nitrogens is 2. The van der Waals surface area contributed by atoms with Crippen LogP contribution in [0.1, 0.15) is 42.1 Å². The molecule has 0 aliphatic carbocycles. The SMILES string of the molecule is Cc1ccc(-c2noc(C(C)N3CCN(C(=O)CCCc4cccs4)CC3)n2)cc1. The van der Waals surface area contributed by atoms with Crippen LogP contribution in [0.3, 0.4) is 0 Å². The Hall–Kier alpha value is -2.51. The Morgan fingerprint density at radius 1 is 1.17 bits per heavy atom. The average Bonchev–Trinajstić information content (AvgIpc) is 3.46. The summed E-state index contributed by atoms with van der Waals surface area (Å²) >= 11 is 1.76. The van der Waals surface area contributed by atoms with Crippen LogP contribution in [0.5, 0.6) is 0 Å². The van der Waals surface area contributed by atoms with E-state index in [-0.39, 0.29) is 11.9 Å². The molecule has 0 saturated carbocycles. The molecule has 1 saturated heterocycles. The van der Waals surface area contributed by atoms with Crippen molar-refractivity contribution in [2.45, 2.75) is 39.2 Å². The average molecular weight is 425 g/mol. The minimum Gasteiger partial charge on any atom is -0.340 e. The van der Waals surface area contributed by atoms with Gasteiger partial charge in [-0.2, -0.15) is 4.98 Å². The van der Waals surface area contributed by atoms with Gasteiger partial charge in [0.2, 0.25) is 17.6 Å². The van der Waals surface area contributed by atoms with E-state index < -0.39 is 0 Å². The normalized spacial score (nSPS) is 16.0. The van der Waals surface area contributed by atoms with E-state index in [1.54, 1.807) is 11.3 Å². The number of hydrogen-bond donors (Lipinski definition) is 0. The summed E-state index contributed by atoms with van der Waals surface area (Å²) in [6.07, 6.45) is 2.53. The minimum atomic E-state index is 0.0350. The topological polar surface area (TPSA) is 62.5 Å². The van der Waals surface area contributed by atoms with Crippen molar-refractivity contribution >= 4 is 17.2 Å². The lowest BCUT2D eigenvalue weighted by Crippen LogP contribution is -2.49. The maximum absolute atomic E-state index is 12.5. The molecule has 4 rings (SSSR count). The van der Waals surface area contributed by atoms with Crippen molar-refractivity contribution in [1.82, 2.24) is 19.9 Å². The fraction of sp³-hybridized carbons (Fsp3) is 0.435. The van der Waals surface area contributed by atoms with Gasteiger partial charge in [-0.05, 0) is 38.1 Å². The molecule has 1 aliphatic rings. The number of carbonyl (C=O) groups is 1. The maximum atomic E-state index is 12.5. The molecule has 0 radical (unpaired) electrons. The summed E-state index contributed by atoms with van der Waals surface area (Å²) in [6, 6.07) is 12.4. The van der Waals surface area contributed by atoms with E-state index in [4.69, 9.17) is 4.52 Å². The minimum absolute atomic E-state index is 0.0350. The van der Waals surface area contributed by atoms with Crippen LogP contribution in [-0.4, -0.2) is 52.0 Å². The summed E-state index contributed by atoms with van der Waals surface area (Å²) in [5, 5.41) is 6.24. The smallest absolute Gasteiger partial charge is 0.244 e. The van der Waals surface area contributed by atoms with Crippen molar-refractivity contribution in [3.8, 4) is 11.4 Å². The Balaban J connectivity index is 1.26. The van der Waals surface area contributed by atoms with Gasteiger partial charge in [0.15, 0.2) is 0 Å². The van der Waals surface area contributed by atoms with E-state index in [0.29, 0.717) is 18.1 Å². The Bertz CT molecular complexity index is 944. The first-order chi connectivity index (χ1) is 14.6. The van der Waals surface area contributed by atoms with Gasteiger partial charge < -0.3 is 9.42 Å². The molecule has 1 aliphatic heterocycles. The summed E-state index contributed by atoms with van der Waals surface area (Å²) in [7, 11) is 0. The van der Waals surface area contributed by atoms with Crippen molar-refractivity contribution in [3.05, 3.63) is 58.1 Å².